The van der Waals surface area contributed by atoms with E-state index in [4.69, 9.17) is 27.9 Å². The largest absolute Gasteiger partial charge is 0.463 e. The van der Waals surface area contributed by atoms with Crippen molar-refractivity contribution in [2.24, 2.45) is 0 Å². The van der Waals surface area contributed by atoms with E-state index >= 15 is 0 Å². The Balaban J connectivity index is 2.18. The highest BCUT2D eigenvalue weighted by Crippen LogP contribution is 2.38. The number of carbonyl (C=O) groups excluding carboxylic acids is 2. The smallest absolute Gasteiger partial charge is 0.338 e. The molecular weight excluding hydrogens is 406 g/mol. The number of nitrogens with one attached hydrogen (secondary N) is 1. The Morgan fingerprint density at radius 2 is 1.89 bits per heavy atom. The minimum atomic E-state index is -1.08. The molecule has 1 aliphatic heterocycles. The second-order valence-corrected chi connectivity index (χ2v) is 6.89. The lowest BCUT2D eigenvalue weighted by Gasteiger charge is -2.35. The summed E-state index contributed by atoms with van der Waals surface area (Å²) >= 11 is 12.1. The third-order valence-electron chi connectivity index (χ3n) is 4.35. The van der Waals surface area contributed by atoms with Crippen LogP contribution in [-0.2, 0) is 9.53 Å². The average molecular weight is 423 g/mol. The van der Waals surface area contributed by atoms with Gasteiger partial charge in [-0.1, -0.05) is 29.3 Å². The number of amides is 2. The first kappa shape index (κ1) is 20.2. The number of benzene rings is 2. The Kier molecular flexibility index (Phi) is 5.91. The summed E-state index contributed by atoms with van der Waals surface area (Å²) in [4.78, 5) is 26.9. The van der Waals surface area contributed by atoms with Gasteiger partial charge in [0.25, 0.3) is 0 Å². The maximum Gasteiger partial charge on any atom is 0.338 e. The molecule has 146 valence electrons. The van der Waals surface area contributed by atoms with Crippen LogP contribution in [0.25, 0.3) is 0 Å². The van der Waals surface area contributed by atoms with Crippen LogP contribution in [0.3, 0.4) is 0 Å². The van der Waals surface area contributed by atoms with Crippen LogP contribution >= 0.6 is 23.2 Å². The number of urea groups is 1. The SMILES string of the molecule is CCOC(=O)C1=C(C)N(c2ccc(Cl)cc2)C(=O)NC1c1c(F)cccc1Cl. The highest BCUT2D eigenvalue weighted by molar-refractivity contribution is 6.31. The maximum absolute atomic E-state index is 14.5. The molecule has 0 fully saturated rings. The standard InChI is InChI=1S/C20H17Cl2FN2O3/c1-3-28-19(26)16-11(2)25(13-9-7-12(21)8-10-13)20(27)24-18(16)17-14(22)5-4-6-15(17)23/h4-10,18H,3H2,1-2H3,(H,24,27). The molecule has 0 saturated heterocycles. The Morgan fingerprint density at radius 1 is 1.21 bits per heavy atom. The Labute approximate surface area is 171 Å². The Bertz CT molecular complexity index is 940. The molecule has 1 unspecified atom stereocenters. The maximum atomic E-state index is 14.5. The van der Waals surface area contributed by atoms with E-state index in [1.54, 1.807) is 38.1 Å². The Hall–Kier alpha value is -2.57. The first-order valence-corrected chi connectivity index (χ1v) is 9.28. The highest BCUT2D eigenvalue weighted by Gasteiger charge is 2.39. The summed E-state index contributed by atoms with van der Waals surface area (Å²) in [6.07, 6.45) is 0. The predicted molar refractivity (Wildman–Crippen MR) is 106 cm³/mol. The van der Waals surface area contributed by atoms with Crippen LogP contribution in [0.2, 0.25) is 10.0 Å². The van der Waals surface area contributed by atoms with Gasteiger partial charge in [0.1, 0.15) is 5.82 Å². The number of allylic oxidation sites excluding steroid dienone is 1. The lowest BCUT2D eigenvalue weighted by molar-refractivity contribution is -0.139. The van der Waals surface area contributed by atoms with E-state index < -0.39 is 23.9 Å². The van der Waals surface area contributed by atoms with Gasteiger partial charge in [-0.2, -0.15) is 0 Å². The van der Waals surface area contributed by atoms with E-state index in [0.717, 1.165) is 0 Å². The molecule has 28 heavy (non-hydrogen) atoms. The fourth-order valence-electron chi connectivity index (χ4n) is 3.12. The van der Waals surface area contributed by atoms with Crippen LogP contribution in [0.15, 0.2) is 53.7 Å². The van der Waals surface area contributed by atoms with Gasteiger partial charge in [0, 0.05) is 21.3 Å². The van der Waals surface area contributed by atoms with Gasteiger partial charge in [0.2, 0.25) is 0 Å². The molecule has 0 bridgehead atoms. The van der Waals surface area contributed by atoms with Crippen molar-refractivity contribution in [3.63, 3.8) is 0 Å². The summed E-state index contributed by atoms with van der Waals surface area (Å²) in [6, 6.07) is 9.10. The van der Waals surface area contributed by atoms with E-state index in [2.05, 4.69) is 5.32 Å². The molecule has 1 aliphatic rings. The van der Waals surface area contributed by atoms with Crippen LogP contribution in [-0.4, -0.2) is 18.6 Å². The summed E-state index contributed by atoms with van der Waals surface area (Å²) in [6.45, 7) is 3.39. The van der Waals surface area contributed by atoms with E-state index in [1.165, 1.54) is 23.1 Å². The van der Waals surface area contributed by atoms with Gasteiger partial charge >= 0.3 is 12.0 Å². The first-order valence-electron chi connectivity index (χ1n) is 8.53. The van der Waals surface area contributed by atoms with E-state index in [-0.39, 0.29) is 22.8 Å². The fourth-order valence-corrected chi connectivity index (χ4v) is 3.52. The molecule has 2 amide bonds. The van der Waals surface area contributed by atoms with Crippen LogP contribution in [0, 0.1) is 5.82 Å². The normalized spacial score (nSPS) is 16.8. The lowest BCUT2D eigenvalue weighted by atomic mass is 9.94. The summed E-state index contributed by atoms with van der Waals surface area (Å²) in [5.41, 5.74) is 0.923. The summed E-state index contributed by atoms with van der Waals surface area (Å²) in [5.74, 6) is -1.30. The molecule has 5 nitrogen and oxygen atoms in total. The summed E-state index contributed by atoms with van der Waals surface area (Å²) in [5, 5.41) is 3.27. The van der Waals surface area contributed by atoms with Crippen LogP contribution < -0.4 is 10.2 Å². The highest BCUT2D eigenvalue weighted by atomic mass is 35.5. The summed E-state index contributed by atoms with van der Waals surface area (Å²) < 4.78 is 19.7. The predicted octanol–water partition coefficient (Wildman–Crippen LogP) is 5.24. The molecule has 1 atom stereocenters. The van der Waals surface area contributed by atoms with Gasteiger partial charge in [-0.05, 0) is 50.2 Å². The minimum Gasteiger partial charge on any atom is -0.463 e. The average Bonchev–Trinajstić information content (AvgIpc) is 2.63. The zero-order valence-corrected chi connectivity index (χ0v) is 16.6. The van der Waals surface area contributed by atoms with Crippen molar-refractivity contribution in [1.29, 1.82) is 0 Å². The van der Waals surface area contributed by atoms with E-state index in [9.17, 15) is 14.0 Å². The van der Waals surface area contributed by atoms with Gasteiger partial charge in [-0.3, -0.25) is 4.90 Å². The number of halogens is 3. The lowest BCUT2D eigenvalue weighted by Crippen LogP contribution is -2.48. The first-order chi connectivity index (χ1) is 13.3. The van der Waals surface area contributed by atoms with Crippen LogP contribution in [0.5, 0.6) is 0 Å². The molecule has 2 aromatic rings. The van der Waals surface area contributed by atoms with Crippen molar-refractivity contribution in [3.8, 4) is 0 Å². The number of carbonyl (C=O) groups is 2. The molecule has 3 rings (SSSR count). The van der Waals surface area contributed by atoms with Crippen molar-refractivity contribution < 1.29 is 18.7 Å². The molecular formula is C20H17Cl2FN2O3. The van der Waals surface area contributed by atoms with Crippen molar-refractivity contribution in [2.75, 3.05) is 11.5 Å². The molecule has 0 aromatic heterocycles. The molecule has 1 heterocycles. The number of rotatable bonds is 4. The number of ether oxygens (including phenoxy) is 1. The minimum absolute atomic E-state index is 0.00989. The van der Waals surface area contributed by atoms with Gasteiger partial charge < -0.3 is 10.1 Å². The topological polar surface area (TPSA) is 58.6 Å². The van der Waals surface area contributed by atoms with Crippen molar-refractivity contribution in [1.82, 2.24) is 5.32 Å². The number of hydrogen-bond donors (Lipinski definition) is 1. The zero-order chi connectivity index (χ0) is 20.4. The van der Waals surface area contributed by atoms with Crippen molar-refractivity contribution >= 4 is 40.9 Å². The Morgan fingerprint density at radius 3 is 2.50 bits per heavy atom. The molecule has 0 spiro atoms. The van der Waals surface area contributed by atoms with Crippen LogP contribution in [0.1, 0.15) is 25.5 Å². The van der Waals surface area contributed by atoms with Crippen molar-refractivity contribution in [3.05, 3.63) is 75.2 Å². The molecule has 0 aliphatic carbocycles. The number of hydrogen-bond acceptors (Lipinski definition) is 3. The summed E-state index contributed by atoms with van der Waals surface area (Å²) in [7, 11) is 0. The van der Waals surface area contributed by atoms with Crippen molar-refractivity contribution in [2.45, 2.75) is 19.9 Å². The molecule has 0 radical (unpaired) electrons. The van der Waals surface area contributed by atoms with E-state index in [0.29, 0.717) is 16.4 Å². The molecule has 1 N–H and O–H groups in total. The van der Waals surface area contributed by atoms with Gasteiger partial charge in [0.05, 0.1) is 23.9 Å². The molecule has 8 heteroatoms. The van der Waals surface area contributed by atoms with Crippen LogP contribution in [0.4, 0.5) is 14.9 Å². The van der Waals surface area contributed by atoms with E-state index in [1.807, 2.05) is 0 Å². The van der Waals surface area contributed by atoms with Gasteiger partial charge in [0.15, 0.2) is 0 Å². The number of esters is 1. The second kappa shape index (κ2) is 8.20. The quantitative estimate of drug-likeness (QED) is 0.685. The molecule has 2 aromatic carbocycles. The number of nitrogens with zero attached hydrogens (tertiary/aromatic N) is 1. The molecule has 0 saturated carbocycles. The number of anilines is 1. The van der Waals surface area contributed by atoms with Gasteiger partial charge in [-0.25, -0.2) is 14.0 Å². The second-order valence-electron chi connectivity index (χ2n) is 6.05. The zero-order valence-electron chi connectivity index (χ0n) is 15.1. The third kappa shape index (κ3) is 3.70. The third-order valence-corrected chi connectivity index (χ3v) is 4.93. The monoisotopic (exact) mass is 422 g/mol. The fraction of sp³-hybridized carbons (Fsp3) is 0.200. The van der Waals surface area contributed by atoms with Gasteiger partial charge in [-0.15, -0.1) is 0 Å².